The van der Waals surface area contributed by atoms with Gasteiger partial charge in [-0.25, -0.2) is 0 Å². The lowest BCUT2D eigenvalue weighted by Gasteiger charge is -2.35. The summed E-state index contributed by atoms with van der Waals surface area (Å²) in [4.78, 5) is 2.37. The van der Waals surface area contributed by atoms with Crippen molar-refractivity contribution in [3.63, 3.8) is 0 Å². The monoisotopic (exact) mass is 410 g/mol. The van der Waals surface area contributed by atoms with E-state index in [0.717, 1.165) is 57.4 Å². The van der Waals surface area contributed by atoms with Crippen LogP contribution in [0.1, 0.15) is 37.3 Å². The largest absolute Gasteiger partial charge is 0.461 e. The van der Waals surface area contributed by atoms with Crippen molar-refractivity contribution >= 4 is 12.4 Å². The summed E-state index contributed by atoms with van der Waals surface area (Å²) in [5.74, 6) is -0.259. The van der Waals surface area contributed by atoms with E-state index in [9.17, 15) is 17.6 Å². The van der Waals surface area contributed by atoms with Gasteiger partial charge < -0.3 is 10.1 Å². The first-order chi connectivity index (χ1) is 12.4. The standard InChI is InChI=1S/C19H26F4N2O.ClH/c1-2-3-4-5-6-17(25-13-11-24-12-14-25)15-7-9-16(10-8-15)26-19(22,23)18(20)21;/h2,7-10,17-18,24H,1,3-6,11-14H2;1H/t17-;/m1./s1. The maximum atomic E-state index is 13.0. The Labute approximate surface area is 164 Å². The quantitative estimate of drug-likeness (QED) is 0.332. The fourth-order valence-corrected chi connectivity index (χ4v) is 3.14. The second-order valence-electron chi connectivity index (χ2n) is 6.41. The number of nitrogens with zero attached hydrogens (tertiary/aromatic N) is 1. The molecule has 1 aromatic rings. The average molecular weight is 411 g/mol. The Morgan fingerprint density at radius 3 is 2.33 bits per heavy atom. The average Bonchev–Trinajstić information content (AvgIpc) is 2.63. The van der Waals surface area contributed by atoms with Gasteiger partial charge in [0.2, 0.25) is 0 Å². The Balaban J connectivity index is 0.00000364. The number of rotatable bonds is 10. The summed E-state index contributed by atoms with van der Waals surface area (Å²) in [5, 5.41) is 3.31. The van der Waals surface area contributed by atoms with Crippen LogP contribution in [0.5, 0.6) is 5.75 Å². The predicted octanol–water partition coefficient (Wildman–Crippen LogP) is 5.04. The van der Waals surface area contributed by atoms with Gasteiger partial charge in [0.05, 0.1) is 0 Å². The SMILES string of the molecule is C=CCCCC[C@H](c1ccc(OC(F)(F)C(F)F)cc1)N1CCNCC1.Cl. The Morgan fingerprint density at radius 1 is 1.15 bits per heavy atom. The van der Waals surface area contributed by atoms with Crippen molar-refractivity contribution in [1.29, 1.82) is 0 Å². The van der Waals surface area contributed by atoms with E-state index in [1.54, 1.807) is 12.1 Å². The smallest absolute Gasteiger partial charge is 0.428 e. The molecule has 0 aromatic heterocycles. The van der Waals surface area contributed by atoms with E-state index in [1.807, 2.05) is 6.08 Å². The van der Waals surface area contributed by atoms with E-state index in [0.29, 0.717) is 0 Å². The topological polar surface area (TPSA) is 24.5 Å². The number of benzene rings is 1. The van der Waals surface area contributed by atoms with Crippen LogP contribution in [0.15, 0.2) is 36.9 Å². The van der Waals surface area contributed by atoms with Crippen LogP contribution in [0.25, 0.3) is 0 Å². The molecule has 0 spiro atoms. The molecule has 0 bridgehead atoms. The molecule has 1 saturated heterocycles. The van der Waals surface area contributed by atoms with Crippen molar-refractivity contribution in [2.24, 2.45) is 0 Å². The van der Waals surface area contributed by atoms with E-state index in [2.05, 4.69) is 21.5 Å². The highest BCUT2D eigenvalue weighted by atomic mass is 35.5. The highest BCUT2D eigenvalue weighted by molar-refractivity contribution is 5.85. The van der Waals surface area contributed by atoms with Crippen LogP contribution in [-0.2, 0) is 0 Å². The normalized spacial score (nSPS) is 16.6. The molecule has 1 aliphatic heterocycles. The molecule has 1 aliphatic rings. The minimum absolute atomic E-state index is 0. The van der Waals surface area contributed by atoms with Crippen molar-refractivity contribution in [2.45, 2.75) is 44.3 Å². The molecule has 1 fully saturated rings. The molecule has 3 nitrogen and oxygen atoms in total. The first-order valence-electron chi connectivity index (χ1n) is 8.94. The van der Waals surface area contributed by atoms with Gasteiger partial charge in [-0.15, -0.1) is 19.0 Å². The van der Waals surface area contributed by atoms with E-state index in [1.165, 1.54) is 12.1 Å². The van der Waals surface area contributed by atoms with Gasteiger partial charge in [0.15, 0.2) is 0 Å². The Morgan fingerprint density at radius 2 is 1.78 bits per heavy atom. The van der Waals surface area contributed by atoms with E-state index < -0.39 is 12.5 Å². The predicted molar refractivity (Wildman–Crippen MR) is 101 cm³/mol. The van der Waals surface area contributed by atoms with Crippen molar-refractivity contribution in [1.82, 2.24) is 10.2 Å². The van der Waals surface area contributed by atoms with Gasteiger partial charge >= 0.3 is 12.5 Å². The molecular formula is C19H27ClF4N2O. The summed E-state index contributed by atoms with van der Waals surface area (Å²) in [6.45, 7) is 7.37. The summed E-state index contributed by atoms with van der Waals surface area (Å²) in [6.07, 6.45) is -2.46. The van der Waals surface area contributed by atoms with E-state index >= 15 is 0 Å². The summed E-state index contributed by atoms with van der Waals surface area (Å²) in [5.41, 5.74) is 0.984. The summed E-state index contributed by atoms with van der Waals surface area (Å²) in [6, 6.07) is 6.23. The minimum atomic E-state index is -4.48. The number of unbranched alkanes of at least 4 members (excludes halogenated alkanes) is 2. The number of piperazine rings is 1. The van der Waals surface area contributed by atoms with Gasteiger partial charge in [-0.3, -0.25) is 4.90 Å². The summed E-state index contributed by atoms with van der Waals surface area (Å²) in [7, 11) is 0. The van der Waals surface area contributed by atoms with Crippen molar-refractivity contribution in [3.8, 4) is 5.75 Å². The molecule has 2 rings (SSSR count). The molecule has 27 heavy (non-hydrogen) atoms. The second-order valence-corrected chi connectivity index (χ2v) is 6.41. The third kappa shape index (κ3) is 7.31. The number of ether oxygens (including phenoxy) is 1. The van der Waals surface area contributed by atoms with Gasteiger partial charge in [0.1, 0.15) is 5.75 Å². The molecule has 0 aliphatic carbocycles. The van der Waals surface area contributed by atoms with Crippen LogP contribution in [-0.4, -0.2) is 43.6 Å². The van der Waals surface area contributed by atoms with Gasteiger partial charge in [0, 0.05) is 32.2 Å². The highest BCUT2D eigenvalue weighted by Crippen LogP contribution is 2.31. The van der Waals surface area contributed by atoms with Crippen LogP contribution in [0.3, 0.4) is 0 Å². The summed E-state index contributed by atoms with van der Waals surface area (Å²) < 4.78 is 54.7. The Kier molecular flexibility index (Phi) is 10.1. The summed E-state index contributed by atoms with van der Waals surface area (Å²) >= 11 is 0. The maximum Gasteiger partial charge on any atom is 0.461 e. The first kappa shape index (κ1) is 23.7. The lowest BCUT2D eigenvalue weighted by atomic mass is 9.98. The van der Waals surface area contributed by atoms with Gasteiger partial charge in [-0.2, -0.15) is 17.6 Å². The zero-order chi connectivity index (χ0) is 19.0. The molecule has 0 saturated carbocycles. The van der Waals surface area contributed by atoms with E-state index in [4.69, 9.17) is 0 Å². The molecule has 1 heterocycles. The Bertz CT molecular complexity index is 551. The molecule has 0 unspecified atom stereocenters. The maximum absolute atomic E-state index is 13.0. The van der Waals surface area contributed by atoms with Gasteiger partial charge in [-0.05, 0) is 37.0 Å². The lowest BCUT2D eigenvalue weighted by Crippen LogP contribution is -2.45. The molecule has 8 heteroatoms. The zero-order valence-electron chi connectivity index (χ0n) is 15.2. The molecule has 0 amide bonds. The van der Waals surface area contributed by atoms with Crippen molar-refractivity contribution in [2.75, 3.05) is 26.2 Å². The molecule has 1 atom stereocenters. The number of halogens is 5. The van der Waals surface area contributed by atoms with Crippen LogP contribution in [0.4, 0.5) is 17.6 Å². The lowest BCUT2D eigenvalue weighted by molar-refractivity contribution is -0.253. The van der Waals surface area contributed by atoms with Crippen LogP contribution in [0.2, 0.25) is 0 Å². The number of hydrogen-bond acceptors (Lipinski definition) is 3. The van der Waals surface area contributed by atoms with Gasteiger partial charge in [0.25, 0.3) is 0 Å². The third-order valence-corrected chi connectivity index (χ3v) is 4.50. The Hall–Kier alpha value is -1.31. The molecule has 0 radical (unpaired) electrons. The van der Waals surface area contributed by atoms with Crippen molar-refractivity contribution < 1.29 is 22.3 Å². The van der Waals surface area contributed by atoms with Crippen LogP contribution >= 0.6 is 12.4 Å². The molecule has 1 aromatic carbocycles. The molecule has 1 N–H and O–H groups in total. The van der Waals surface area contributed by atoms with Crippen LogP contribution in [0, 0.1) is 0 Å². The number of hydrogen-bond donors (Lipinski definition) is 1. The van der Waals surface area contributed by atoms with Crippen molar-refractivity contribution in [3.05, 3.63) is 42.5 Å². The number of nitrogens with one attached hydrogen (secondary N) is 1. The molecular weight excluding hydrogens is 384 g/mol. The van der Waals surface area contributed by atoms with E-state index in [-0.39, 0.29) is 24.2 Å². The number of alkyl halides is 4. The van der Waals surface area contributed by atoms with Gasteiger partial charge in [-0.1, -0.05) is 24.6 Å². The highest BCUT2D eigenvalue weighted by Gasteiger charge is 2.43. The first-order valence-corrected chi connectivity index (χ1v) is 8.94. The zero-order valence-corrected chi connectivity index (χ0v) is 16.0. The fraction of sp³-hybridized carbons (Fsp3) is 0.579. The van der Waals surface area contributed by atoms with Crippen LogP contribution < -0.4 is 10.1 Å². The molecule has 154 valence electrons. The second kappa shape index (κ2) is 11.5. The minimum Gasteiger partial charge on any atom is -0.428 e. The fourth-order valence-electron chi connectivity index (χ4n) is 3.14. The third-order valence-electron chi connectivity index (χ3n) is 4.50. The number of allylic oxidation sites excluding steroid dienone is 1.